The van der Waals surface area contributed by atoms with Gasteiger partial charge in [0.2, 0.25) is 11.4 Å². The van der Waals surface area contributed by atoms with Gasteiger partial charge in [-0.3, -0.25) is 4.79 Å². The van der Waals surface area contributed by atoms with E-state index < -0.39 is 5.60 Å². The Morgan fingerprint density at radius 2 is 1.61 bits per heavy atom. The minimum atomic E-state index is -1.13. The second-order valence-electron chi connectivity index (χ2n) is 8.03. The summed E-state index contributed by atoms with van der Waals surface area (Å²) in [4.78, 5) is 13.7. The summed E-state index contributed by atoms with van der Waals surface area (Å²) in [6.07, 6.45) is 3.55. The number of benzene rings is 4. The average Bonchev–Trinajstić information content (AvgIpc) is 3.18. The minimum Gasteiger partial charge on any atom is -0.497 e. The summed E-state index contributed by atoms with van der Waals surface area (Å²) in [5.74, 6) is 1.23. The fourth-order valence-corrected chi connectivity index (χ4v) is 5.10. The van der Waals surface area contributed by atoms with Gasteiger partial charge in [0, 0.05) is 11.1 Å². The molecule has 0 saturated carbocycles. The van der Waals surface area contributed by atoms with E-state index in [4.69, 9.17) is 9.47 Å². The van der Waals surface area contributed by atoms with E-state index in [2.05, 4.69) is 18.2 Å². The Morgan fingerprint density at radius 1 is 0.839 bits per heavy atom. The van der Waals surface area contributed by atoms with Crippen LogP contribution in [0.15, 0.2) is 91.0 Å². The lowest BCUT2D eigenvalue weighted by atomic mass is 9.69. The molecular formula is C28H20O3. The van der Waals surface area contributed by atoms with Crippen LogP contribution in [0.25, 0.3) is 16.8 Å². The highest BCUT2D eigenvalue weighted by Crippen LogP contribution is 2.57. The second kappa shape index (κ2) is 6.58. The summed E-state index contributed by atoms with van der Waals surface area (Å²) in [6.45, 7) is 0. The maximum Gasteiger partial charge on any atom is 0.207 e. The topological polar surface area (TPSA) is 35.5 Å². The van der Waals surface area contributed by atoms with Gasteiger partial charge in [-0.2, -0.15) is 0 Å². The molecule has 31 heavy (non-hydrogen) atoms. The molecule has 0 fully saturated rings. The number of methoxy groups -OCH3 is 1. The Morgan fingerprint density at radius 3 is 2.45 bits per heavy atom. The normalized spacial score (nSPS) is 21.1. The van der Waals surface area contributed by atoms with Gasteiger partial charge in [-0.1, -0.05) is 72.8 Å². The molecule has 2 atom stereocenters. The standard InChI is InChI=1S/C28H20O3/c1-30-21-14-10-20(11-15-21)27-26-22-8-4-2-6-18(22)12-16-24(26)31-28(27)23-9-5-3-7-19(23)13-17-25(28)29/h2-17,27H,1H3/t27-,28-/m1/s1. The van der Waals surface area contributed by atoms with Crippen molar-refractivity contribution in [1.29, 1.82) is 0 Å². The summed E-state index contributed by atoms with van der Waals surface area (Å²) >= 11 is 0. The zero-order chi connectivity index (χ0) is 21.0. The molecule has 0 aromatic heterocycles. The van der Waals surface area contributed by atoms with Gasteiger partial charge in [0.15, 0.2) is 0 Å². The highest BCUT2D eigenvalue weighted by Gasteiger charge is 2.57. The fourth-order valence-electron chi connectivity index (χ4n) is 5.10. The van der Waals surface area contributed by atoms with Gasteiger partial charge in [0.1, 0.15) is 11.5 Å². The zero-order valence-electron chi connectivity index (χ0n) is 17.0. The highest BCUT2D eigenvalue weighted by atomic mass is 16.5. The number of hydrogen-bond acceptors (Lipinski definition) is 3. The van der Waals surface area contributed by atoms with E-state index in [1.54, 1.807) is 13.2 Å². The molecule has 0 saturated heterocycles. The van der Waals surface area contributed by atoms with Gasteiger partial charge < -0.3 is 9.47 Å². The molecule has 1 aliphatic heterocycles. The fraction of sp³-hybridized carbons (Fsp3) is 0.107. The third-order valence-electron chi connectivity index (χ3n) is 6.49. The van der Waals surface area contributed by atoms with Crippen molar-refractivity contribution < 1.29 is 14.3 Å². The van der Waals surface area contributed by atoms with Gasteiger partial charge in [0.05, 0.1) is 13.0 Å². The predicted molar refractivity (Wildman–Crippen MR) is 122 cm³/mol. The van der Waals surface area contributed by atoms with E-state index in [0.29, 0.717) is 0 Å². The van der Waals surface area contributed by atoms with Crippen molar-refractivity contribution in [2.24, 2.45) is 0 Å². The van der Waals surface area contributed by atoms with E-state index in [1.807, 2.05) is 72.8 Å². The quantitative estimate of drug-likeness (QED) is 0.420. The number of ketones is 1. The van der Waals surface area contributed by atoms with Gasteiger partial charge >= 0.3 is 0 Å². The van der Waals surface area contributed by atoms with Gasteiger partial charge in [-0.15, -0.1) is 0 Å². The third-order valence-corrected chi connectivity index (χ3v) is 6.49. The third kappa shape index (κ3) is 2.43. The summed E-state index contributed by atoms with van der Waals surface area (Å²) in [6, 6.07) is 28.3. The highest BCUT2D eigenvalue weighted by molar-refractivity contribution is 6.07. The van der Waals surface area contributed by atoms with Crippen molar-refractivity contribution in [2.75, 3.05) is 7.11 Å². The van der Waals surface area contributed by atoms with Crippen molar-refractivity contribution in [2.45, 2.75) is 11.5 Å². The van der Waals surface area contributed by atoms with Crippen LogP contribution in [0, 0.1) is 0 Å². The average molecular weight is 404 g/mol. The molecule has 150 valence electrons. The first-order valence-electron chi connectivity index (χ1n) is 10.4. The Labute approximate surface area is 180 Å². The molecule has 0 radical (unpaired) electrons. The van der Waals surface area contributed by atoms with Crippen molar-refractivity contribution in [1.82, 2.24) is 0 Å². The Hall–Kier alpha value is -3.85. The summed E-state index contributed by atoms with van der Waals surface area (Å²) < 4.78 is 12.1. The maximum absolute atomic E-state index is 13.7. The number of hydrogen-bond donors (Lipinski definition) is 0. The van der Waals surface area contributed by atoms with Crippen LogP contribution in [0.5, 0.6) is 11.5 Å². The largest absolute Gasteiger partial charge is 0.497 e. The maximum atomic E-state index is 13.7. The molecule has 6 rings (SSSR count). The number of carbonyl (C=O) groups is 1. The molecule has 0 amide bonds. The first-order valence-corrected chi connectivity index (χ1v) is 10.4. The van der Waals surface area contributed by atoms with E-state index in [9.17, 15) is 4.79 Å². The molecule has 0 N–H and O–H groups in total. The molecule has 0 bridgehead atoms. The second-order valence-corrected chi connectivity index (χ2v) is 8.03. The smallest absolute Gasteiger partial charge is 0.207 e. The van der Waals surface area contributed by atoms with Crippen molar-refractivity contribution >= 4 is 22.6 Å². The van der Waals surface area contributed by atoms with Crippen LogP contribution in [0.4, 0.5) is 0 Å². The molecule has 2 aliphatic rings. The first-order chi connectivity index (χ1) is 15.2. The van der Waals surface area contributed by atoms with E-state index in [1.165, 1.54) is 0 Å². The first kappa shape index (κ1) is 18.0. The summed E-state index contributed by atoms with van der Waals surface area (Å²) in [5, 5.41) is 2.24. The molecule has 1 heterocycles. The number of rotatable bonds is 2. The van der Waals surface area contributed by atoms with Crippen LogP contribution >= 0.6 is 0 Å². The molecule has 1 aliphatic carbocycles. The Kier molecular flexibility index (Phi) is 3.81. The molecule has 1 spiro atoms. The van der Waals surface area contributed by atoms with Crippen LogP contribution in [-0.4, -0.2) is 12.9 Å². The molecular weight excluding hydrogens is 384 g/mol. The number of ether oxygens (including phenoxy) is 2. The Bertz CT molecular complexity index is 1370. The molecule has 4 aromatic carbocycles. The minimum absolute atomic E-state index is 0.0349. The van der Waals surface area contributed by atoms with Crippen LogP contribution in [-0.2, 0) is 10.4 Å². The lowest BCUT2D eigenvalue weighted by Crippen LogP contribution is -2.45. The van der Waals surface area contributed by atoms with Gasteiger partial charge in [0.25, 0.3) is 0 Å². The summed E-state index contributed by atoms with van der Waals surface area (Å²) in [5.41, 5.74) is 2.87. The van der Waals surface area contributed by atoms with Gasteiger partial charge in [-0.05, 0) is 46.2 Å². The van der Waals surface area contributed by atoms with Crippen molar-refractivity contribution in [3.05, 3.63) is 113 Å². The molecule has 3 heteroatoms. The van der Waals surface area contributed by atoms with E-state index >= 15 is 0 Å². The number of carbonyl (C=O) groups excluding carboxylic acids is 1. The summed E-state index contributed by atoms with van der Waals surface area (Å²) in [7, 11) is 1.66. The van der Waals surface area contributed by atoms with Crippen LogP contribution in [0.2, 0.25) is 0 Å². The molecule has 4 aromatic rings. The molecule has 0 unspecified atom stereocenters. The lowest BCUT2D eigenvalue weighted by molar-refractivity contribution is -0.130. The predicted octanol–water partition coefficient (Wildman–Crippen LogP) is 5.86. The monoisotopic (exact) mass is 404 g/mol. The SMILES string of the molecule is COc1ccc([C@@H]2c3c(ccc4ccccc34)O[C@]23C(=O)C=Cc2ccccc23)cc1. The van der Waals surface area contributed by atoms with Gasteiger partial charge in [-0.25, -0.2) is 0 Å². The van der Waals surface area contributed by atoms with Crippen molar-refractivity contribution in [3.8, 4) is 11.5 Å². The zero-order valence-corrected chi connectivity index (χ0v) is 17.0. The lowest BCUT2D eigenvalue weighted by Gasteiger charge is -2.36. The van der Waals surface area contributed by atoms with E-state index in [-0.39, 0.29) is 11.7 Å². The van der Waals surface area contributed by atoms with Crippen LogP contribution in [0.1, 0.15) is 28.2 Å². The van der Waals surface area contributed by atoms with Crippen LogP contribution < -0.4 is 9.47 Å². The molecule has 3 nitrogen and oxygen atoms in total. The van der Waals surface area contributed by atoms with Crippen molar-refractivity contribution in [3.63, 3.8) is 0 Å². The van der Waals surface area contributed by atoms with E-state index in [0.717, 1.165) is 44.5 Å². The Balaban J connectivity index is 1.70. The number of fused-ring (bicyclic) bond motifs is 5. The van der Waals surface area contributed by atoms with Crippen LogP contribution in [0.3, 0.4) is 0 Å².